The van der Waals surface area contributed by atoms with Crippen molar-refractivity contribution in [1.29, 1.82) is 0 Å². The molecular weight excluding hydrogens is 254 g/mol. The van der Waals surface area contributed by atoms with Crippen LogP contribution in [0.4, 0.5) is 0 Å². The minimum Gasteiger partial charge on any atom is -0.493 e. The maximum absolute atomic E-state index is 9.26. The molecule has 0 saturated carbocycles. The summed E-state index contributed by atoms with van der Waals surface area (Å²) in [5, 5.41) is 12.7. The van der Waals surface area contributed by atoms with Gasteiger partial charge in [0.2, 0.25) is 0 Å². The van der Waals surface area contributed by atoms with Crippen molar-refractivity contribution >= 4 is 0 Å². The van der Waals surface area contributed by atoms with Gasteiger partial charge in [-0.15, -0.1) is 0 Å². The van der Waals surface area contributed by atoms with Gasteiger partial charge in [0.1, 0.15) is 0 Å². The number of rotatable bonds is 9. The first-order chi connectivity index (χ1) is 9.52. The third kappa shape index (κ3) is 6.26. The van der Waals surface area contributed by atoms with Crippen molar-refractivity contribution in [2.24, 2.45) is 5.92 Å². The van der Waals surface area contributed by atoms with E-state index in [0.717, 1.165) is 24.6 Å². The van der Waals surface area contributed by atoms with Crippen molar-refractivity contribution in [3.8, 4) is 11.5 Å². The molecule has 0 bridgehead atoms. The molecule has 0 radical (unpaired) electrons. The average Bonchev–Trinajstić information content (AvgIpc) is 2.38. The van der Waals surface area contributed by atoms with Gasteiger partial charge in [-0.3, -0.25) is 0 Å². The van der Waals surface area contributed by atoms with E-state index in [9.17, 15) is 5.11 Å². The van der Waals surface area contributed by atoms with Crippen molar-refractivity contribution in [3.05, 3.63) is 23.8 Å². The van der Waals surface area contributed by atoms with Gasteiger partial charge in [-0.05, 0) is 37.1 Å². The summed E-state index contributed by atoms with van der Waals surface area (Å²) >= 11 is 0. The number of aliphatic hydroxyl groups is 1. The van der Waals surface area contributed by atoms with E-state index in [1.54, 1.807) is 14.0 Å². The monoisotopic (exact) mass is 281 g/mol. The van der Waals surface area contributed by atoms with Crippen molar-refractivity contribution in [3.63, 3.8) is 0 Å². The lowest BCUT2D eigenvalue weighted by atomic mass is 10.2. The average molecular weight is 281 g/mol. The zero-order valence-electron chi connectivity index (χ0n) is 13.0. The Bertz CT molecular complexity index is 391. The summed E-state index contributed by atoms with van der Waals surface area (Å²) < 4.78 is 11.0. The van der Waals surface area contributed by atoms with Gasteiger partial charge in [0, 0.05) is 13.0 Å². The summed E-state index contributed by atoms with van der Waals surface area (Å²) in [6.07, 6.45) is 0.260. The van der Waals surface area contributed by atoms with E-state index in [1.165, 1.54) is 5.56 Å². The minimum atomic E-state index is -0.350. The van der Waals surface area contributed by atoms with Gasteiger partial charge in [-0.25, -0.2) is 0 Å². The molecule has 0 aliphatic rings. The van der Waals surface area contributed by atoms with Crippen LogP contribution in [0.5, 0.6) is 11.5 Å². The standard InChI is InChI=1S/C16H27NO3/c1-12(2)10-17-11-14-5-6-15(19-4)16(9-14)20-8-7-13(3)18/h5-6,9,12-13,17-18H,7-8,10-11H2,1-4H3. The molecule has 4 nitrogen and oxygen atoms in total. The molecule has 0 saturated heterocycles. The van der Waals surface area contributed by atoms with Crippen LogP contribution < -0.4 is 14.8 Å². The first-order valence-electron chi connectivity index (χ1n) is 7.21. The fourth-order valence-electron chi connectivity index (χ4n) is 1.79. The Morgan fingerprint density at radius 1 is 1.20 bits per heavy atom. The topological polar surface area (TPSA) is 50.7 Å². The second-order valence-electron chi connectivity index (χ2n) is 5.50. The lowest BCUT2D eigenvalue weighted by Crippen LogP contribution is -2.19. The van der Waals surface area contributed by atoms with Gasteiger partial charge in [-0.1, -0.05) is 19.9 Å². The lowest BCUT2D eigenvalue weighted by molar-refractivity contribution is 0.154. The van der Waals surface area contributed by atoms with Gasteiger partial charge in [-0.2, -0.15) is 0 Å². The molecule has 0 aromatic heterocycles. The zero-order chi connectivity index (χ0) is 15.0. The van der Waals surface area contributed by atoms with E-state index in [2.05, 4.69) is 19.2 Å². The molecule has 20 heavy (non-hydrogen) atoms. The number of methoxy groups -OCH3 is 1. The second kappa shape index (κ2) is 8.82. The Labute approximate surface area is 122 Å². The number of nitrogens with one attached hydrogen (secondary N) is 1. The number of hydrogen-bond acceptors (Lipinski definition) is 4. The summed E-state index contributed by atoms with van der Waals surface area (Å²) in [5.74, 6) is 2.09. The highest BCUT2D eigenvalue weighted by Gasteiger charge is 2.07. The third-order valence-corrected chi connectivity index (χ3v) is 2.90. The third-order valence-electron chi connectivity index (χ3n) is 2.90. The molecular formula is C16H27NO3. The Hall–Kier alpha value is -1.26. The molecule has 1 atom stereocenters. The molecule has 1 aromatic carbocycles. The van der Waals surface area contributed by atoms with E-state index in [1.807, 2.05) is 18.2 Å². The van der Waals surface area contributed by atoms with Crippen LogP contribution >= 0.6 is 0 Å². The molecule has 4 heteroatoms. The Kier molecular flexibility index (Phi) is 7.41. The predicted octanol–water partition coefficient (Wildman–Crippen LogP) is 2.59. The van der Waals surface area contributed by atoms with Gasteiger partial charge in [0.25, 0.3) is 0 Å². The van der Waals surface area contributed by atoms with Crippen LogP contribution in [0.3, 0.4) is 0 Å². The van der Waals surface area contributed by atoms with Crippen molar-refractivity contribution in [2.45, 2.75) is 39.8 Å². The molecule has 1 unspecified atom stereocenters. The predicted molar refractivity (Wildman–Crippen MR) is 81.3 cm³/mol. The molecule has 0 amide bonds. The number of benzene rings is 1. The maximum atomic E-state index is 9.26. The largest absolute Gasteiger partial charge is 0.493 e. The number of ether oxygens (including phenoxy) is 2. The van der Waals surface area contributed by atoms with E-state index in [-0.39, 0.29) is 6.10 Å². The normalized spacial score (nSPS) is 12.5. The molecule has 1 rings (SSSR count). The van der Waals surface area contributed by atoms with Crippen LogP contribution in [0, 0.1) is 5.92 Å². The van der Waals surface area contributed by atoms with E-state index < -0.39 is 0 Å². The highest BCUT2D eigenvalue weighted by molar-refractivity contribution is 5.42. The highest BCUT2D eigenvalue weighted by Crippen LogP contribution is 2.28. The van der Waals surface area contributed by atoms with Crippen LogP contribution in [-0.2, 0) is 6.54 Å². The highest BCUT2D eigenvalue weighted by atomic mass is 16.5. The molecule has 0 spiro atoms. The molecule has 1 aromatic rings. The Morgan fingerprint density at radius 3 is 2.55 bits per heavy atom. The van der Waals surface area contributed by atoms with Gasteiger partial charge in [0.05, 0.1) is 19.8 Å². The van der Waals surface area contributed by atoms with Crippen molar-refractivity contribution in [2.75, 3.05) is 20.3 Å². The maximum Gasteiger partial charge on any atom is 0.161 e. The van der Waals surface area contributed by atoms with E-state index >= 15 is 0 Å². The van der Waals surface area contributed by atoms with Crippen LogP contribution in [0.2, 0.25) is 0 Å². The van der Waals surface area contributed by atoms with E-state index in [4.69, 9.17) is 9.47 Å². The molecule has 0 aliphatic carbocycles. The van der Waals surface area contributed by atoms with Crippen LogP contribution in [-0.4, -0.2) is 31.5 Å². The summed E-state index contributed by atoms with van der Waals surface area (Å²) in [4.78, 5) is 0. The summed E-state index contributed by atoms with van der Waals surface area (Å²) in [6.45, 7) is 8.42. The first kappa shape index (κ1) is 16.8. The minimum absolute atomic E-state index is 0.350. The number of hydrogen-bond donors (Lipinski definition) is 2. The Balaban J connectivity index is 2.60. The van der Waals surface area contributed by atoms with Crippen LogP contribution in [0.25, 0.3) is 0 Å². The SMILES string of the molecule is COc1ccc(CNCC(C)C)cc1OCCC(C)O. The molecule has 0 fully saturated rings. The summed E-state index contributed by atoms with van der Waals surface area (Å²) in [5.41, 5.74) is 1.17. The fourth-order valence-corrected chi connectivity index (χ4v) is 1.79. The second-order valence-corrected chi connectivity index (χ2v) is 5.50. The molecule has 2 N–H and O–H groups in total. The van der Waals surface area contributed by atoms with Gasteiger partial charge < -0.3 is 19.9 Å². The zero-order valence-corrected chi connectivity index (χ0v) is 13.0. The molecule has 0 aliphatic heterocycles. The molecule has 0 heterocycles. The Morgan fingerprint density at radius 2 is 1.95 bits per heavy atom. The van der Waals surface area contributed by atoms with Crippen LogP contribution in [0.1, 0.15) is 32.8 Å². The van der Waals surface area contributed by atoms with Gasteiger partial charge >= 0.3 is 0 Å². The quantitative estimate of drug-likeness (QED) is 0.730. The fraction of sp³-hybridized carbons (Fsp3) is 0.625. The first-order valence-corrected chi connectivity index (χ1v) is 7.21. The summed E-state index contributed by atoms with van der Waals surface area (Å²) in [7, 11) is 1.63. The van der Waals surface area contributed by atoms with Crippen molar-refractivity contribution in [1.82, 2.24) is 5.32 Å². The van der Waals surface area contributed by atoms with E-state index in [0.29, 0.717) is 18.9 Å². The smallest absolute Gasteiger partial charge is 0.161 e. The van der Waals surface area contributed by atoms with Crippen LogP contribution in [0.15, 0.2) is 18.2 Å². The lowest BCUT2D eigenvalue weighted by Gasteiger charge is -2.14. The van der Waals surface area contributed by atoms with Gasteiger partial charge in [0.15, 0.2) is 11.5 Å². The molecule has 114 valence electrons. The number of aliphatic hydroxyl groups excluding tert-OH is 1. The summed E-state index contributed by atoms with van der Waals surface area (Å²) in [6, 6.07) is 5.95. The van der Waals surface area contributed by atoms with Crippen molar-refractivity contribution < 1.29 is 14.6 Å².